The number of hydrogen-bond donors (Lipinski definition) is 2. The lowest BCUT2D eigenvalue weighted by molar-refractivity contribution is 0.391. The first-order chi connectivity index (χ1) is 11.0. The molecule has 0 amide bonds. The maximum Gasteiger partial charge on any atom is 0.191 e. The van der Waals surface area contributed by atoms with Crippen molar-refractivity contribution in [2.75, 3.05) is 13.6 Å². The third kappa shape index (κ3) is 5.51. The third-order valence-corrected chi connectivity index (χ3v) is 3.96. The molecule has 0 saturated carbocycles. The van der Waals surface area contributed by atoms with E-state index in [1.165, 1.54) is 16.7 Å². The van der Waals surface area contributed by atoms with Crippen molar-refractivity contribution in [2.45, 2.75) is 40.2 Å². The topological polar surface area (TPSA) is 62.5 Å². The average Bonchev–Trinajstić information content (AvgIpc) is 2.88. The van der Waals surface area contributed by atoms with Crippen molar-refractivity contribution in [3.63, 3.8) is 0 Å². The molecule has 5 nitrogen and oxygen atoms in total. The number of nitrogens with one attached hydrogen (secondary N) is 2. The summed E-state index contributed by atoms with van der Waals surface area (Å²) in [5, 5.41) is 10.7. The van der Waals surface area contributed by atoms with Crippen LogP contribution in [-0.2, 0) is 6.54 Å². The SMILES string of the molecule is CN=C(NCc1ccc(C)cc1)NCC(C)c1c(C)noc1C.I. The molecule has 0 saturated heterocycles. The second-order valence-electron chi connectivity index (χ2n) is 5.93. The Bertz CT molecular complexity index is 645. The summed E-state index contributed by atoms with van der Waals surface area (Å²) in [6.45, 7) is 9.71. The van der Waals surface area contributed by atoms with Gasteiger partial charge in [0.25, 0.3) is 0 Å². The highest BCUT2D eigenvalue weighted by Crippen LogP contribution is 2.22. The fraction of sp³-hybridized carbons (Fsp3) is 0.444. The highest BCUT2D eigenvalue weighted by atomic mass is 127. The van der Waals surface area contributed by atoms with Gasteiger partial charge in [-0.3, -0.25) is 4.99 Å². The maximum atomic E-state index is 5.24. The van der Waals surface area contributed by atoms with Gasteiger partial charge in [-0.25, -0.2) is 0 Å². The highest BCUT2D eigenvalue weighted by molar-refractivity contribution is 14.0. The van der Waals surface area contributed by atoms with Crippen LogP contribution in [0.2, 0.25) is 0 Å². The molecule has 6 heteroatoms. The second kappa shape index (κ2) is 9.66. The molecule has 0 fully saturated rings. The molecule has 0 aliphatic heterocycles. The van der Waals surface area contributed by atoms with E-state index in [9.17, 15) is 0 Å². The standard InChI is InChI=1S/C18H26N4O.HI/c1-12-6-8-16(9-7-12)11-21-18(19-5)20-10-13(2)17-14(3)22-23-15(17)4;/h6-9,13H,10-11H2,1-5H3,(H2,19,20,21);1H. The monoisotopic (exact) mass is 442 g/mol. The number of rotatable bonds is 5. The average molecular weight is 442 g/mol. The van der Waals surface area contributed by atoms with E-state index in [0.717, 1.165) is 30.5 Å². The van der Waals surface area contributed by atoms with Gasteiger partial charge in [0.05, 0.1) is 5.69 Å². The van der Waals surface area contributed by atoms with Gasteiger partial charge in [-0.05, 0) is 26.3 Å². The molecular weight excluding hydrogens is 415 g/mol. The summed E-state index contributed by atoms with van der Waals surface area (Å²) in [4.78, 5) is 4.27. The van der Waals surface area contributed by atoms with Crippen molar-refractivity contribution in [3.05, 3.63) is 52.4 Å². The fourth-order valence-electron chi connectivity index (χ4n) is 2.66. The molecule has 1 aromatic carbocycles. The van der Waals surface area contributed by atoms with Crippen molar-refractivity contribution in [1.29, 1.82) is 0 Å². The zero-order valence-corrected chi connectivity index (χ0v) is 17.3. The van der Waals surface area contributed by atoms with E-state index >= 15 is 0 Å². The Morgan fingerprint density at radius 3 is 2.38 bits per heavy atom. The number of hydrogen-bond acceptors (Lipinski definition) is 3. The molecule has 0 aliphatic carbocycles. The summed E-state index contributed by atoms with van der Waals surface area (Å²) < 4.78 is 5.24. The molecule has 132 valence electrons. The Balaban J connectivity index is 0.00000288. The van der Waals surface area contributed by atoms with Crippen LogP contribution in [0.1, 0.15) is 41.0 Å². The third-order valence-electron chi connectivity index (χ3n) is 3.96. The van der Waals surface area contributed by atoms with Crippen molar-refractivity contribution >= 4 is 29.9 Å². The predicted octanol–water partition coefficient (Wildman–Crippen LogP) is 3.69. The van der Waals surface area contributed by atoms with Gasteiger partial charge in [-0.1, -0.05) is 41.9 Å². The van der Waals surface area contributed by atoms with Gasteiger partial charge in [0.15, 0.2) is 5.96 Å². The summed E-state index contributed by atoms with van der Waals surface area (Å²) in [6.07, 6.45) is 0. The lowest BCUT2D eigenvalue weighted by Gasteiger charge is -2.16. The first-order valence-corrected chi connectivity index (χ1v) is 7.94. The molecule has 0 radical (unpaired) electrons. The van der Waals surface area contributed by atoms with Gasteiger partial charge in [-0.15, -0.1) is 24.0 Å². The lowest BCUT2D eigenvalue weighted by Crippen LogP contribution is -2.38. The molecule has 1 heterocycles. The van der Waals surface area contributed by atoms with Crippen LogP contribution in [0.4, 0.5) is 0 Å². The van der Waals surface area contributed by atoms with E-state index in [1.807, 2.05) is 13.8 Å². The van der Waals surface area contributed by atoms with E-state index in [0.29, 0.717) is 5.92 Å². The first-order valence-electron chi connectivity index (χ1n) is 7.94. The van der Waals surface area contributed by atoms with E-state index in [4.69, 9.17) is 4.52 Å². The quantitative estimate of drug-likeness (QED) is 0.421. The number of nitrogens with zero attached hydrogens (tertiary/aromatic N) is 2. The molecule has 2 N–H and O–H groups in total. The number of halogens is 1. The van der Waals surface area contributed by atoms with Gasteiger partial charge in [0.2, 0.25) is 0 Å². The van der Waals surface area contributed by atoms with E-state index in [1.54, 1.807) is 7.05 Å². The van der Waals surface area contributed by atoms with Crippen LogP contribution in [0.3, 0.4) is 0 Å². The van der Waals surface area contributed by atoms with Crippen LogP contribution in [-0.4, -0.2) is 24.7 Å². The van der Waals surface area contributed by atoms with Crippen LogP contribution < -0.4 is 10.6 Å². The van der Waals surface area contributed by atoms with Crippen molar-refractivity contribution < 1.29 is 4.52 Å². The Morgan fingerprint density at radius 2 is 1.83 bits per heavy atom. The molecule has 2 aromatic rings. The second-order valence-corrected chi connectivity index (χ2v) is 5.93. The molecule has 2 rings (SSSR count). The number of guanidine groups is 1. The van der Waals surface area contributed by atoms with Crippen LogP contribution >= 0.6 is 24.0 Å². The summed E-state index contributed by atoms with van der Waals surface area (Å²) >= 11 is 0. The largest absolute Gasteiger partial charge is 0.361 e. The van der Waals surface area contributed by atoms with E-state index in [2.05, 4.69) is 58.9 Å². The van der Waals surface area contributed by atoms with E-state index in [-0.39, 0.29) is 24.0 Å². The predicted molar refractivity (Wildman–Crippen MR) is 109 cm³/mol. The molecular formula is C18H27IN4O. The van der Waals surface area contributed by atoms with Crippen LogP contribution in [0.5, 0.6) is 0 Å². The summed E-state index contributed by atoms with van der Waals surface area (Å²) in [5.74, 6) is 1.99. The number of aliphatic imine (C=N–C) groups is 1. The maximum absolute atomic E-state index is 5.24. The fourth-order valence-corrected chi connectivity index (χ4v) is 2.66. The summed E-state index contributed by atoms with van der Waals surface area (Å²) in [7, 11) is 1.78. The van der Waals surface area contributed by atoms with Gasteiger partial charge in [0.1, 0.15) is 5.76 Å². The molecule has 1 unspecified atom stereocenters. The van der Waals surface area contributed by atoms with E-state index < -0.39 is 0 Å². The molecule has 0 bridgehead atoms. The van der Waals surface area contributed by atoms with Crippen molar-refractivity contribution in [1.82, 2.24) is 15.8 Å². The highest BCUT2D eigenvalue weighted by Gasteiger charge is 2.16. The first kappa shape index (κ1) is 20.5. The molecule has 0 aliphatic rings. The minimum atomic E-state index is 0. The minimum Gasteiger partial charge on any atom is -0.361 e. The van der Waals surface area contributed by atoms with Gasteiger partial charge in [0, 0.05) is 31.6 Å². The Hall–Kier alpha value is -1.57. The van der Waals surface area contributed by atoms with Crippen LogP contribution in [0.15, 0.2) is 33.8 Å². The normalized spacial score (nSPS) is 12.5. The smallest absolute Gasteiger partial charge is 0.191 e. The zero-order valence-electron chi connectivity index (χ0n) is 15.0. The Kier molecular flexibility index (Phi) is 8.24. The summed E-state index contributed by atoms with van der Waals surface area (Å²) in [6, 6.07) is 8.49. The van der Waals surface area contributed by atoms with Crippen molar-refractivity contribution in [3.8, 4) is 0 Å². The molecule has 24 heavy (non-hydrogen) atoms. The number of aryl methyl sites for hydroxylation is 3. The molecule has 1 atom stereocenters. The van der Waals surface area contributed by atoms with Crippen LogP contribution in [0, 0.1) is 20.8 Å². The summed E-state index contributed by atoms with van der Waals surface area (Å²) in [5.41, 5.74) is 4.63. The van der Waals surface area contributed by atoms with Crippen molar-refractivity contribution in [2.24, 2.45) is 4.99 Å². The lowest BCUT2D eigenvalue weighted by atomic mass is 10.00. The van der Waals surface area contributed by atoms with Gasteiger partial charge < -0.3 is 15.2 Å². The number of benzene rings is 1. The molecule has 1 aromatic heterocycles. The van der Waals surface area contributed by atoms with Gasteiger partial charge >= 0.3 is 0 Å². The molecule has 0 spiro atoms. The Labute approximate surface area is 161 Å². The zero-order chi connectivity index (χ0) is 16.8. The minimum absolute atomic E-state index is 0. The van der Waals surface area contributed by atoms with Gasteiger partial charge in [-0.2, -0.15) is 0 Å². The number of aromatic nitrogens is 1. The Morgan fingerprint density at radius 1 is 1.17 bits per heavy atom. The van der Waals surface area contributed by atoms with Crippen LogP contribution in [0.25, 0.3) is 0 Å².